The summed E-state index contributed by atoms with van der Waals surface area (Å²) in [5, 5.41) is 4.24. The molecule has 5 aromatic rings. The van der Waals surface area contributed by atoms with Gasteiger partial charge < -0.3 is 0 Å². The average Bonchev–Trinajstić information content (AvgIpc) is 3.24. The van der Waals surface area contributed by atoms with Gasteiger partial charge >= 0.3 is 0 Å². The van der Waals surface area contributed by atoms with Gasteiger partial charge in [-0.15, -0.1) is 0 Å². The molecule has 0 aliphatic carbocycles. The van der Waals surface area contributed by atoms with Gasteiger partial charge in [0.1, 0.15) is 0 Å². The zero-order valence-corrected chi connectivity index (χ0v) is 14.2. The Labute approximate surface area is 149 Å². The Morgan fingerprint density at radius 3 is 2.50 bits per heavy atom. The number of fused-ring (bicyclic) bond motifs is 3. The first-order valence-corrected chi connectivity index (χ1v) is 8.53. The van der Waals surface area contributed by atoms with Gasteiger partial charge in [0.25, 0.3) is 0 Å². The van der Waals surface area contributed by atoms with Crippen LogP contribution in [0.3, 0.4) is 0 Å². The lowest BCUT2D eigenvalue weighted by Crippen LogP contribution is -1.95. The minimum absolute atomic E-state index is 0.349. The van der Waals surface area contributed by atoms with E-state index in [1.165, 1.54) is 0 Å². The first-order valence-electron chi connectivity index (χ1n) is 8.53. The Kier molecular flexibility index (Phi) is 3.19. The van der Waals surface area contributed by atoms with E-state index in [1.807, 2.05) is 66.7 Å². The Morgan fingerprint density at radius 1 is 0.923 bits per heavy atom. The maximum absolute atomic E-state index is 14.8. The van der Waals surface area contributed by atoms with Crippen LogP contribution < -0.4 is 0 Å². The van der Waals surface area contributed by atoms with E-state index in [9.17, 15) is 4.39 Å². The highest BCUT2D eigenvalue weighted by Gasteiger charge is 2.16. The number of para-hydroxylation sites is 1. The van der Waals surface area contributed by atoms with Crippen molar-refractivity contribution in [1.82, 2.24) is 14.8 Å². The molecule has 0 aliphatic heterocycles. The maximum Gasteiger partial charge on any atom is 0.216 e. The highest BCUT2D eigenvalue weighted by atomic mass is 19.1. The number of nitrogens with one attached hydrogen (secondary N) is 1. The van der Waals surface area contributed by atoms with Crippen LogP contribution in [0.2, 0.25) is 0 Å². The molecule has 3 aromatic carbocycles. The lowest BCUT2D eigenvalue weighted by Gasteiger charge is -2.03. The molecule has 0 saturated heterocycles. The molecule has 1 N–H and O–H groups in total. The SMILES string of the molecule is Cc1ccccc1-c1cc2c(ccc3c2c(F)[nH]n3-c2ccccc2)n1. The number of H-pyrrole nitrogens is 1. The summed E-state index contributed by atoms with van der Waals surface area (Å²) in [6.07, 6.45) is 0. The Balaban J connectivity index is 1.79. The van der Waals surface area contributed by atoms with Gasteiger partial charge in [0, 0.05) is 10.9 Å². The van der Waals surface area contributed by atoms with Crippen molar-refractivity contribution in [2.75, 3.05) is 0 Å². The summed E-state index contributed by atoms with van der Waals surface area (Å²) >= 11 is 0. The molecule has 0 aliphatic rings. The van der Waals surface area contributed by atoms with E-state index in [-0.39, 0.29) is 5.95 Å². The van der Waals surface area contributed by atoms with Crippen molar-refractivity contribution in [2.24, 2.45) is 0 Å². The van der Waals surface area contributed by atoms with Crippen molar-refractivity contribution in [3.8, 4) is 16.9 Å². The second kappa shape index (κ2) is 5.56. The second-order valence-corrected chi connectivity index (χ2v) is 6.45. The van der Waals surface area contributed by atoms with Gasteiger partial charge in [-0.3, -0.25) is 9.78 Å². The monoisotopic (exact) mass is 341 g/mol. The molecule has 2 heterocycles. The number of halogens is 1. The van der Waals surface area contributed by atoms with E-state index in [0.29, 0.717) is 5.39 Å². The fourth-order valence-corrected chi connectivity index (χ4v) is 3.55. The molecule has 3 nitrogen and oxygen atoms in total. The van der Waals surface area contributed by atoms with Crippen LogP contribution in [-0.2, 0) is 0 Å². The number of rotatable bonds is 2. The smallest absolute Gasteiger partial charge is 0.216 e. The summed E-state index contributed by atoms with van der Waals surface area (Å²) in [6, 6.07) is 23.7. The van der Waals surface area contributed by atoms with E-state index in [1.54, 1.807) is 4.68 Å². The molecule has 4 heteroatoms. The first kappa shape index (κ1) is 14.9. The van der Waals surface area contributed by atoms with Crippen LogP contribution in [-0.4, -0.2) is 14.8 Å². The van der Waals surface area contributed by atoms with Crippen LogP contribution in [0.4, 0.5) is 4.39 Å². The van der Waals surface area contributed by atoms with Crippen molar-refractivity contribution >= 4 is 21.8 Å². The number of hydrogen-bond acceptors (Lipinski definition) is 1. The molecule has 126 valence electrons. The Hall–Kier alpha value is -3.40. The molecule has 0 unspecified atom stereocenters. The highest BCUT2D eigenvalue weighted by molar-refractivity contribution is 6.07. The van der Waals surface area contributed by atoms with E-state index in [2.05, 4.69) is 18.1 Å². The Bertz CT molecular complexity index is 1250. The van der Waals surface area contributed by atoms with Gasteiger partial charge in [-0.1, -0.05) is 42.5 Å². The lowest BCUT2D eigenvalue weighted by atomic mass is 10.1. The average molecular weight is 341 g/mol. The van der Waals surface area contributed by atoms with E-state index in [0.717, 1.165) is 38.9 Å². The van der Waals surface area contributed by atoms with Crippen molar-refractivity contribution in [1.29, 1.82) is 0 Å². The summed E-state index contributed by atoms with van der Waals surface area (Å²) in [6.45, 7) is 2.06. The number of aromatic amines is 1. The fraction of sp³-hybridized carbons (Fsp3) is 0.0455. The number of nitrogens with zero attached hydrogens (tertiary/aromatic N) is 2. The van der Waals surface area contributed by atoms with Crippen molar-refractivity contribution in [2.45, 2.75) is 6.92 Å². The van der Waals surface area contributed by atoms with E-state index in [4.69, 9.17) is 4.98 Å². The van der Waals surface area contributed by atoms with Crippen molar-refractivity contribution < 1.29 is 4.39 Å². The molecule has 0 radical (unpaired) electrons. The summed E-state index contributed by atoms with van der Waals surface area (Å²) in [5.41, 5.74) is 5.58. The number of hydrogen-bond donors (Lipinski definition) is 1. The van der Waals surface area contributed by atoms with Crippen LogP contribution >= 0.6 is 0 Å². The van der Waals surface area contributed by atoms with Crippen molar-refractivity contribution in [3.63, 3.8) is 0 Å². The molecule has 0 spiro atoms. The van der Waals surface area contributed by atoms with Crippen LogP contribution in [0, 0.1) is 12.9 Å². The molecule has 0 saturated carbocycles. The third-order valence-corrected chi connectivity index (χ3v) is 4.83. The van der Waals surface area contributed by atoms with Gasteiger partial charge in [0.2, 0.25) is 5.95 Å². The zero-order chi connectivity index (χ0) is 17.7. The lowest BCUT2D eigenvalue weighted by molar-refractivity contribution is 0.575. The number of aromatic nitrogens is 3. The molecule has 0 fully saturated rings. The number of aryl methyl sites for hydroxylation is 1. The minimum Gasteiger partial charge on any atom is -0.268 e. The summed E-state index contributed by atoms with van der Waals surface area (Å²) in [5.74, 6) is -0.349. The van der Waals surface area contributed by atoms with Crippen LogP contribution in [0.15, 0.2) is 72.8 Å². The summed E-state index contributed by atoms with van der Waals surface area (Å²) < 4.78 is 16.6. The highest BCUT2D eigenvalue weighted by Crippen LogP contribution is 2.33. The van der Waals surface area contributed by atoms with Gasteiger partial charge in [-0.2, -0.15) is 4.39 Å². The molecular weight excluding hydrogens is 325 g/mol. The largest absolute Gasteiger partial charge is 0.268 e. The van der Waals surface area contributed by atoms with Gasteiger partial charge in [-0.05, 0) is 42.8 Å². The summed E-state index contributed by atoms with van der Waals surface area (Å²) in [4.78, 5) is 4.73. The van der Waals surface area contributed by atoms with Gasteiger partial charge in [-0.25, -0.2) is 4.98 Å². The Morgan fingerprint density at radius 2 is 1.69 bits per heavy atom. The molecule has 0 atom stereocenters. The zero-order valence-electron chi connectivity index (χ0n) is 14.2. The second-order valence-electron chi connectivity index (χ2n) is 6.45. The molecule has 0 bridgehead atoms. The third-order valence-electron chi connectivity index (χ3n) is 4.83. The predicted molar refractivity (Wildman–Crippen MR) is 103 cm³/mol. The third kappa shape index (κ3) is 2.15. The molecule has 2 aromatic heterocycles. The van der Waals surface area contributed by atoms with Gasteiger partial charge in [0.05, 0.1) is 27.8 Å². The van der Waals surface area contributed by atoms with Crippen LogP contribution in [0.5, 0.6) is 0 Å². The first-order chi connectivity index (χ1) is 12.7. The van der Waals surface area contributed by atoms with E-state index < -0.39 is 0 Å². The minimum atomic E-state index is -0.349. The summed E-state index contributed by atoms with van der Waals surface area (Å²) in [7, 11) is 0. The van der Waals surface area contributed by atoms with Crippen LogP contribution in [0.25, 0.3) is 38.8 Å². The molecule has 5 rings (SSSR count). The molecular formula is C22H16FN3. The maximum atomic E-state index is 14.8. The van der Waals surface area contributed by atoms with Crippen molar-refractivity contribution in [3.05, 3.63) is 84.3 Å². The van der Waals surface area contributed by atoms with Gasteiger partial charge in [0.15, 0.2) is 0 Å². The standard InChI is InChI=1S/C22H16FN3/c1-14-7-5-6-10-16(14)19-13-17-18(24-19)11-12-20-21(17)22(23)25-26(20)15-8-3-2-4-9-15/h2-13,25H,1H3. The predicted octanol–water partition coefficient (Wildman–Crippen LogP) is 5.62. The quantitative estimate of drug-likeness (QED) is 0.444. The normalized spacial score (nSPS) is 11.5. The molecule has 0 amide bonds. The van der Waals surface area contributed by atoms with E-state index >= 15 is 0 Å². The van der Waals surface area contributed by atoms with Crippen LogP contribution in [0.1, 0.15) is 5.56 Å². The molecule has 26 heavy (non-hydrogen) atoms. The fourth-order valence-electron chi connectivity index (χ4n) is 3.55. The topological polar surface area (TPSA) is 33.6 Å². The number of benzene rings is 3.